The van der Waals surface area contributed by atoms with Crippen molar-refractivity contribution in [3.63, 3.8) is 0 Å². The maximum Gasteiger partial charge on any atom is 0.241 e. The van der Waals surface area contributed by atoms with Gasteiger partial charge in [0.15, 0.2) is 5.17 Å². The highest BCUT2D eigenvalue weighted by Gasteiger charge is 2.34. The lowest BCUT2D eigenvalue weighted by atomic mass is 10.1. The van der Waals surface area contributed by atoms with Gasteiger partial charge in [0.05, 0.1) is 13.2 Å². The van der Waals surface area contributed by atoms with E-state index in [1.54, 1.807) is 0 Å². The molecule has 0 saturated heterocycles. The van der Waals surface area contributed by atoms with Crippen LogP contribution in [-0.2, 0) is 9.59 Å². The Morgan fingerprint density at radius 1 is 1.06 bits per heavy atom. The van der Waals surface area contributed by atoms with Gasteiger partial charge in [0.2, 0.25) is 11.8 Å². The molecule has 1 N–H and O–H groups in total. The zero-order chi connectivity index (χ0) is 22.4. The molecule has 164 valence electrons. The summed E-state index contributed by atoms with van der Waals surface area (Å²) in [6.07, 6.45) is 0.711. The minimum atomic E-state index is -0.405. The van der Waals surface area contributed by atoms with Crippen LogP contribution in [0.4, 0.5) is 0 Å². The van der Waals surface area contributed by atoms with Gasteiger partial charge in [-0.1, -0.05) is 35.5 Å². The summed E-state index contributed by atoms with van der Waals surface area (Å²) in [5.41, 5.74) is 3.04. The van der Waals surface area contributed by atoms with Crippen molar-refractivity contribution in [2.45, 2.75) is 39.5 Å². The average Bonchev–Trinajstić information content (AvgIpc) is 3.12. The van der Waals surface area contributed by atoms with E-state index < -0.39 is 5.37 Å². The van der Waals surface area contributed by atoms with Crippen LogP contribution < -0.4 is 14.8 Å². The third-order valence-electron chi connectivity index (χ3n) is 4.49. The number of thioether (sulfide) groups is 1. The molecule has 0 spiro atoms. The normalized spacial score (nSPS) is 15.4. The topological polar surface area (TPSA) is 80.2 Å². The van der Waals surface area contributed by atoms with Gasteiger partial charge in [0.1, 0.15) is 16.9 Å². The van der Waals surface area contributed by atoms with Crippen LogP contribution >= 0.6 is 11.8 Å². The van der Waals surface area contributed by atoms with Crippen molar-refractivity contribution < 1.29 is 19.1 Å². The number of aryl methyl sites for hydroxylation is 2. The van der Waals surface area contributed by atoms with Crippen molar-refractivity contribution in [3.05, 3.63) is 59.2 Å². The first-order valence-electron chi connectivity index (χ1n) is 10.1. The van der Waals surface area contributed by atoms with E-state index in [0.29, 0.717) is 30.6 Å². The van der Waals surface area contributed by atoms with Gasteiger partial charge in [0.25, 0.3) is 0 Å². The van der Waals surface area contributed by atoms with Gasteiger partial charge in [-0.15, -0.1) is 5.10 Å². The first-order chi connectivity index (χ1) is 14.8. The second-order valence-electron chi connectivity index (χ2n) is 7.33. The lowest BCUT2D eigenvalue weighted by Gasteiger charge is -2.22. The molecule has 1 aliphatic heterocycles. The summed E-state index contributed by atoms with van der Waals surface area (Å²) in [7, 11) is 0. The largest absolute Gasteiger partial charge is 0.493 e. The molecular formula is C23H27N3O4S. The van der Waals surface area contributed by atoms with E-state index in [4.69, 9.17) is 9.47 Å². The van der Waals surface area contributed by atoms with Crippen LogP contribution in [0.15, 0.2) is 47.6 Å². The molecule has 8 heteroatoms. The molecule has 0 fully saturated rings. The average molecular weight is 442 g/mol. The van der Waals surface area contributed by atoms with Crippen molar-refractivity contribution in [3.8, 4) is 11.5 Å². The molecule has 0 aliphatic carbocycles. The van der Waals surface area contributed by atoms with E-state index in [1.807, 2.05) is 56.3 Å². The lowest BCUT2D eigenvalue weighted by Crippen LogP contribution is -2.25. The minimum Gasteiger partial charge on any atom is -0.493 e. The fraction of sp³-hybridized carbons (Fsp3) is 0.348. The maximum absolute atomic E-state index is 12.2. The van der Waals surface area contributed by atoms with E-state index in [-0.39, 0.29) is 11.8 Å². The number of nitrogens with zero attached hydrogens (tertiary/aromatic N) is 2. The molecule has 1 heterocycles. The predicted octanol–water partition coefficient (Wildman–Crippen LogP) is 4.15. The molecule has 2 aromatic rings. The van der Waals surface area contributed by atoms with E-state index in [9.17, 15) is 9.59 Å². The Balaban J connectivity index is 1.65. The SMILES string of the molecule is CC(=O)NC1=NN(C(C)=O)C(c2cc(C)ccc2OCCCOc2cccc(C)c2)S1. The Kier molecular flexibility index (Phi) is 7.57. The molecule has 2 aromatic carbocycles. The van der Waals surface area contributed by atoms with E-state index in [1.165, 1.54) is 30.6 Å². The van der Waals surface area contributed by atoms with Crippen LogP contribution in [0.5, 0.6) is 11.5 Å². The van der Waals surface area contributed by atoms with E-state index >= 15 is 0 Å². The summed E-state index contributed by atoms with van der Waals surface area (Å²) in [5.74, 6) is 1.09. The fourth-order valence-electron chi connectivity index (χ4n) is 3.09. The number of amidine groups is 1. The Bertz CT molecular complexity index is 993. The first kappa shape index (κ1) is 22.7. The van der Waals surface area contributed by atoms with Gasteiger partial charge in [-0.2, -0.15) is 0 Å². The molecule has 7 nitrogen and oxygen atoms in total. The van der Waals surface area contributed by atoms with Gasteiger partial charge in [0, 0.05) is 25.8 Å². The third kappa shape index (κ3) is 6.24. The number of ether oxygens (including phenoxy) is 2. The molecule has 1 unspecified atom stereocenters. The molecule has 1 aliphatic rings. The maximum atomic E-state index is 12.2. The predicted molar refractivity (Wildman–Crippen MR) is 122 cm³/mol. The summed E-state index contributed by atoms with van der Waals surface area (Å²) in [6.45, 7) is 7.88. The number of hydrazone groups is 1. The van der Waals surface area contributed by atoms with Crippen LogP contribution in [-0.4, -0.2) is 35.2 Å². The van der Waals surface area contributed by atoms with Crippen molar-refractivity contribution in [1.82, 2.24) is 10.3 Å². The van der Waals surface area contributed by atoms with Gasteiger partial charge in [-0.05, 0) is 43.7 Å². The number of hydrogen-bond donors (Lipinski definition) is 1. The molecule has 0 saturated carbocycles. The highest BCUT2D eigenvalue weighted by Crippen LogP contribution is 2.42. The number of carbonyl (C=O) groups excluding carboxylic acids is 2. The summed E-state index contributed by atoms with van der Waals surface area (Å²) in [5, 5.41) is 8.29. The number of nitrogens with one attached hydrogen (secondary N) is 1. The highest BCUT2D eigenvalue weighted by atomic mass is 32.2. The van der Waals surface area contributed by atoms with Gasteiger partial charge in [-0.25, -0.2) is 5.01 Å². The Morgan fingerprint density at radius 2 is 1.81 bits per heavy atom. The summed E-state index contributed by atoms with van der Waals surface area (Å²) >= 11 is 1.31. The smallest absolute Gasteiger partial charge is 0.241 e. The second kappa shape index (κ2) is 10.3. The zero-order valence-electron chi connectivity index (χ0n) is 18.2. The van der Waals surface area contributed by atoms with Crippen molar-refractivity contribution in [1.29, 1.82) is 0 Å². The highest BCUT2D eigenvalue weighted by molar-refractivity contribution is 8.14. The van der Waals surface area contributed by atoms with Gasteiger partial charge in [-0.3, -0.25) is 9.59 Å². The van der Waals surface area contributed by atoms with Gasteiger partial charge >= 0.3 is 0 Å². The van der Waals surface area contributed by atoms with E-state index in [0.717, 1.165) is 22.4 Å². The standard InChI is InChI=1S/C23H27N3O4S/c1-15-7-5-8-19(13-15)29-11-6-12-30-21-10-9-16(2)14-20(21)22-26(18(4)28)25-23(31-22)24-17(3)27/h5,7-10,13-14,22H,6,11-12H2,1-4H3,(H,24,25,27). The molecule has 3 rings (SSSR count). The molecule has 1 atom stereocenters. The monoisotopic (exact) mass is 441 g/mol. The van der Waals surface area contributed by atoms with Gasteiger partial charge < -0.3 is 14.8 Å². The molecule has 0 radical (unpaired) electrons. The lowest BCUT2D eigenvalue weighted by molar-refractivity contribution is -0.129. The molecule has 2 amide bonds. The Labute approximate surface area is 186 Å². The summed E-state index contributed by atoms with van der Waals surface area (Å²) in [6, 6.07) is 13.8. The molecule has 0 aromatic heterocycles. The molecule has 0 bridgehead atoms. The van der Waals surface area contributed by atoms with Crippen LogP contribution in [0.25, 0.3) is 0 Å². The quantitative estimate of drug-likeness (QED) is 0.653. The second-order valence-corrected chi connectivity index (χ2v) is 8.40. The van der Waals surface area contributed by atoms with Crippen LogP contribution in [0, 0.1) is 13.8 Å². The summed E-state index contributed by atoms with van der Waals surface area (Å²) in [4.78, 5) is 23.6. The number of benzene rings is 2. The number of carbonyl (C=O) groups is 2. The minimum absolute atomic E-state index is 0.211. The van der Waals surface area contributed by atoms with Crippen molar-refractivity contribution in [2.24, 2.45) is 5.10 Å². The number of hydrogen-bond acceptors (Lipinski definition) is 6. The van der Waals surface area contributed by atoms with E-state index in [2.05, 4.69) is 10.4 Å². The van der Waals surface area contributed by atoms with Crippen LogP contribution in [0.1, 0.15) is 42.3 Å². The summed E-state index contributed by atoms with van der Waals surface area (Å²) < 4.78 is 11.8. The first-order valence-corrected chi connectivity index (χ1v) is 11.0. The van der Waals surface area contributed by atoms with Crippen LogP contribution in [0.2, 0.25) is 0 Å². The zero-order valence-corrected chi connectivity index (χ0v) is 19.0. The fourth-order valence-corrected chi connectivity index (χ4v) is 4.25. The molecular weight excluding hydrogens is 414 g/mol. The number of amides is 2. The third-order valence-corrected chi connectivity index (χ3v) is 5.57. The molecule has 31 heavy (non-hydrogen) atoms. The Morgan fingerprint density at radius 3 is 2.52 bits per heavy atom. The Hall–Kier alpha value is -3.00. The van der Waals surface area contributed by atoms with Crippen molar-refractivity contribution in [2.75, 3.05) is 13.2 Å². The van der Waals surface area contributed by atoms with Crippen molar-refractivity contribution >= 4 is 28.7 Å². The number of rotatable bonds is 7. The van der Waals surface area contributed by atoms with Crippen LogP contribution in [0.3, 0.4) is 0 Å².